The standard InChI is InChI=1S/C8H17NO4/c1-8(2,3)13-5-6(4-10)9-7(11)12/h6,9-10H,4-5H2,1-3H3,(H,11,12)/t6-/m0/s1. The van der Waals surface area contributed by atoms with Crippen LogP contribution in [0, 0.1) is 0 Å². The van der Waals surface area contributed by atoms with Crippen molar-refractivity contribution in [3.05, 3.63) is 0 Å². The molecule has 0 aromatic carbocycles. The molecule has 0 fully saturated rings. The van der Waals surface area contributed by atoms with E-state index in [4.69, 9.17) is 14.9 Å². The first-order valence-electron chi connectivity index (χ1n) is 4.09. The molecule has 0 aliphatic heterocycles. The number of aliphatic hydroxyl groups excluding tert-OH is 1. The van der Waals surface area contributed by atoms with Crippen molar-refractivity contribution in [1.29, 1.82) is 0 Å². The molecule has 0 aromatic rings. The van der Waals surface area contributed by atoms with Crippen molar-refractivity contribution in [3.63, 3.8) is 0 Å². The van der Waals surface area contributed by atoms with Gasteiger partial charge in [0.1, 0.15) is 0 Å². The van der Waals surface area contributed by atoms with Gasteiger partial charge in [0.05, 0.1) is 24.9 Å². The number of amides is 1. The summed E-state index contributed by atoms with van der Waals surface area (Å²) in [5, 5.41) is 19.3. The summed E-state index contributed by atoms with van der Waals surface area (Å²) >= 11 is 0. The van der Waals surface area contributed by atoms with Crippen LogP contribution in [0.5, 0.6) is 0 Å². The molecule has 0 spiro atoms. The van der Waals surface area contributed by atoms with Crippen LogP contribution in [-0.2, 0) is 4.74 Å². The second kappa shape index (κ2) is 5.04. The van der Waals surface area contributed by atoms with E-state index in [0.29, 0.717) is 0 Å². The van der Waals surface area contributed by atoms with Gasteiger partial charge in [0.25, 0.3) is 0 Å². The molecule has 0 rings (SSSR count). The number of carbonyl (C=O) groups is 1. The summed E-state index contributed by atoms with van der Waals surface area (Å²) in [4.78, 5) is 10.2. The zero-order chi connectivity index (χ0) is 10.5. The lowest BCUT2D eigenvalue weighted by Gasteiger charge is -2.23. The second-order valence-electron chi connectivity index (χ2n) is 3.75. The Bertz CT molecular complexity index is 164. The minimum Gasteiger partial charge on any atom is -0.465 e. The fraction of sp³-hybridized carbons (Fsp3) is 0.875. The molecule has 0 aliphatic rings. The Morgan fingerprint density at radius 3 is 2.38 bits per heavy atom. The summed E-state index contributed by atoms with van der Waals surface area (Å²) in [6.07, 6.45) is -1.16. The Hall–Kier alpha value is -0.810. The lowest BCUT2D eigenvalue weighted by Crippen LogP contribution is -2.41. The van der Waals surface area contributed by atoms with Crippen LogP contribution >= 0.6 is 0 Å². The molecule has 1 amide bonds. The lowest BCUT2D eigenvalue weighted by molar-refractivity contribution is -0.0206. The third kappa shape index (κ3) is 7.55. The molecule has 78 valence electrons. The molecule has 1 atom stereocenters. The number of ether oxygens (including phenoxy) is 1. The van der Waals surface area contributed by atoms with Crippen LogP contribution in [0.15, 0.2) is 0 Å². The zero-order valence-corrected chi connectivity index (χ0v) is 8.20. The summed E-state index contributed by atoms with van der Waals surface area (Å²) in [6, 6.07) is -0.559. The maximum absolute atomic E-state index is 10.2. The molecule has 0 heterocycles. The van der Waals surface area contributed by atoms with Crippen molar-refractivity contribution in [2.75, 3.05) is 13.2 Å². The lowest BCUT2D eigenvalue weighted by atomic mass is 10.2. The number of aliphatic hydroxyl groups is 1. The topological polar surface area (TPSA) is 78.8 Å². The quantitative estimate of drug-likeness (QED) is 0.602. The predicted octanol–water partition coefficient (Wildman–Crippen LogP) is 0.430. The molecule has 0 saturated carbocycles. The molecule has 5 heteroatoms. The van der Waals surface area contributed by atoms with Gasteiger partial charge in [-0.3, -0.25) is 0 Å². The summed E-state index contributed by atoms with van der Waals surface area (Å²) in [5.74, 6) is 0. The van der Waals surface area contributed by atoms with Crippen molar-refractivity contribution in [2.24, 2.45) is 0 Å². The Labute approximate surface area is 77.7 Å². The first-order valence-corrected chi connectivity index (χ1v) is 4.09. The average Bonchev–Trinajstić information content (AvgIpc) is 1.95. The highest BCUT2D eigenvalue weighted by molar-refractivity contribution is 5.64. The smallest absolute Gasteiger partial charge is 0.405 e. The predicted molar refractivity (Wildman–Crippen MR) is 47.7 cm³/mol. The fourth-order valence-corrected chi connectivity index (χ4v) is 0.665. The van der Waals surface area contributed by atoms with E-state index in [-0.39, 0.29) is 18.8 Å². The van der Waals surface area contributed by atoms with Gasteiger partial charge in [-0.05, 0) is 20.8 Å². The SMILES string of the molecule is CC(C)(C)OC[C@H](CO)NC(=O)O. The van der Waals surface area contributed by atoms with Crippen LogP contribution in [0.2, 0.25) is 0 Å². The van der Waals surface area contributed by atoms with E-state index < -0.39 is 12.1 Å². The zero-order valence-electron chi connectivity index (χ0n) is 8.20. The molecule has 0 unspecified atom stereocenters. The van der Waals surface area contributed by atoms with E-state index >= 15 is 0 Å². The summed E-state index contributed by atoms with van der Waals surface area (Å²) in [6.45, 7) is 5.50. The van der Waals surface area contributed by atoms with Crippen molar-refractivity contribution < 1.29 is 19.7 Å². The van der Waals surface area contributed by atoms with E-state index in [0.717, 1.165) is 0 Å². The fourth-order valence-electron chi connectivity index (χ4n) is 0.665. The largest absolute Gasteiger partial charge is 0.465 e. The molecule has 0 bridgehead atoms. The van der Waals surface area contributed by atoms with Crippen LogP contribution in [0.4, 0.5) is 4.79 Å². The third-order valence-corrected chi connectivity index (χ3v) is 1.27. The maximum Gasteiger partial charge on any atom is 0.405 e. The molecule has 0 aromatic heterocycles. The highest BCUT2D eigenvalue weighted by atomic mass is 16.5. The van der Waals surface area contributed by atoms with Gasteiger partial charge >= 0.3 is 6.09 Å². The summed E-state index contributed by atoms with van der Waals surface area (Å²) in [7, 11) is 0. The third-order valence-electron chi connectivity index (χ3n) is 1.27. The Morgan fingerprint density at radius 1 is 1.54 bits per heavy atom. The normalized spacial score (nSPS) is 13.8. The van der Waals surface area contributed by atoms with E-state index in [1.165, 1.54) is 0 Å². The minimum absolute atomic E-state index is 0.173. The highest BCUT2D eigenvalue weighted by Gasteiger charge is 2.15. The van der Waals surface area contributed by atoms with E-state index in [1.807, 2.05) is 20.8 Å². The molecule has 3 N–H and O–H groups in total. The highest BCUT2D eigenvalue weighted by Crippen LogP contribution is 2.06. The minimum atomic E-state index is -1.16. The van der Waals surface area contributed by atoms with Gasteiger partial charge in [0.2, 0.25) is 0 Å². The van der Waals surface area contributed by atoms with Gasteiger partial charge in [0, 0.05) is 0 Å². The van der Waals surface area contributed by atoms with E-state index in [2.05, 4.69) is 5.32 Å². The monoisotopic (exact) mass is 191 g/mol. The Balaban J connectivity index is 3.79. The number of hydrogen-bond acceptors (Lipinski definition) is 3. The molecule has 5 nitrogen and oxygen atoms in total. The Morgan fingerprint density at radius 2 is 2.08 bits per heavy atom. The van der Waals surface area contributed by atoms with Crippen molar-refractivity contribution in [2.45, 2.75) is 32.4 Å². The number of rotatable bonds is 4. The average molecular weight is 191 g/mol. The van der Waals surface area contributed by atoms with Crippen LogP contribution < -0.4 is 5.32 Å². The van der Waals surface area contributed by atoms with Crippen LogP contribution in [0.1, 0.15) is 20.8 Å². The van der Waals surface area contributed by atoms with Crippen LogP contribution in [0.3, 0.4) is 0 Å². The van der Waals surface area contributed by atoms with Gasteiger partial charge in [-0.2, -0.15) is 0 Å². The van der Waals surface area contributed by atoms with Gasteiger partial charge in [-0.1, -0.05) is 0 Å². The molecule has 0 saturated heterocycles. The van der Waals surface area contributed by atoms with Crippen molar-refractivity contribution in [1.82, 2.24) is 5.32 Å². The molecule has 0 radical (unpaired) electrons. The Kier molecular flexibility index (Phi) is 4.72. The number of carboxylic acid groups (broad SMARTS) is 1. The molecular formula is C8H17NO4. The van der Waals surface area contributed by atoms with Crippen LogP contribution in [-0.4, -0.2) is 41.2 Å². The molecule has 13 heavy (non-hydrogen) atoms. The molecular weight excluding hydrogens is 174 g/mol. The van der Waals surface area contributed by atoms with Crippen molar-refractivity contribution in [3.8, 4) is 0 Å². The number of hydrogen-bond donors (Lipinski definition) is 3. The van der Waals surface area contributed by atoms with Gasteiger partial charge in [0.15, 0.2) is 0 Å². The maximum atomic E-state index is 10.2. The molecule has 0 aliphatic carbocycles. The first-order chi connectivity index (χ1) is 5.85. The van der Waals surface area contributed by atoms with Crippen LogP contribution in [0.25, 0.3) is 0 Å². The number of nitrogens with one attached hydrogen (secondary N) is 1. The summed E-state index contributed by atoms with van der Waals surface area (Å²) < 4.78 is 5.30. The van der Waals surface area contributed by atoms with E-state index in [9.17, 15) is 4.79 Å². The van der Waals surface area contributed by atoms with Gasteiger partial charge < -0.3 is 20.3 Å². The van der Waals surface area contributed by atoms with Gasteiger partial charge in [-0.25, -0.2) is 4.79 Å². The van der Waals surface area contributed by atoms with E-state index in [1.54, 1.807) is 0 Å². The van der Waals surface area contributed by atoms with Gasteiger partial charge in [-0.15, -0.1) is 0 Å². The van der Waals surface area contributed by atoms with Crippen molar-refractivity contribution >= 4 is 6.09 Å². The summed E-state index contributed by atoms with van der Waals surface area (Å²) in [5.41, 5.74) is -0.326. The second-order valence-corrected chi connectivity index (χ2v) is 3.75. The first kappa shape index (κ1) is 12.2.